The zero-order valence-corrected chi connectivity index (χ0v) is 17.0. The van der Waals surface area contributed by atoms with Crippen LogP contribution in [0.4, 0.5) is 18.9 Å². The van der Waals surface area contributed by atoms with Gasteiger partial charge >= 0.3 is 0 Å². The van der Waals surface area contributed by atoms with Crippen LogP contribution in [0.1, 0.15) is 35.3 Å². The van der Waals surface area contributed by atoms with E-state index in [-0.39, 0.29) is 41.3 Å². The van der Waals surface area contributed by atoms with Gasteiger partial charge in [-0.25, -0.2) is 13.2 Å². The number of anilines is 1. The molecule has 2 heterocycles. The number of halogens is 3. The molecule has 1 atom stereocenters. The number of carbonyl (C=O) groups excluding carboxylic acids is 1. The van der Waals surface area contributed by atoms with Crippen LogP contribution < -0.4 is 5.32 Å². The third-order valence-corrected chi connectivity index (χ3v) is 5.58. The number of aromatic nitrogens is 2. The fourth-order valence-electron chi connectivity index (χ4n) is 3.95. The first-order valence-corrected chi connectivity index (χ1v) is 10.2. The molecule has 9 heteroatoms. The number of aromatic amines is 1. The molecular formula is C23H20F3N5O. The lowest BCUT2D eigenvalue weighted by Crippen LogP contribution is -2.47. The molecule has 1 saturated heterocycles. The molecule has 0 aliphatic carbocycles. The highest BCUT2D eigenvalue weighted by atomic mass is 19.1. The van der Waals surface area contributed by atoms with Gasteiger partial charge in [-0.15, -0.1) is 0 Å². The summed E-state index contributed by atoms with van der Waals surface area (Å²) in [4.78, 5) is 15.0. The molecule has 2 N–H and O–H groups in total. The number of nitrogens with one attached hydrogen (secondary N) is 2. The number of hydrogen-bond acceptors (Lipinski definition) is 4. The summed E-state index contributed by atoms with van der Waals surface area (Å²) >= 11 is 0. The van der Waals surface area contributed by atoms with E-state index in [1.54, 1.807) is 23.1 Å². The van der Waals surface area contributed by atoms with Crippen molar-refractivity contribution in [3.63, 3.8) is 0 Å². The normalized spacial score (nSPS) is 15.9. The Bertz CT molecular complexity index is 1150. The van der Waals surface area contributed by atoms with Crippen molar-refractivity contribution >= 4 is 11.6 Å². The third-order valence-electron chi connectivity index (χ3n) is 5.58. The monoisotopic (exact) mass is 439 g/mol. The van der Waals surface area contributed by atoms with Crippen molar-refractivity contribution in [2.24, 2.45) is 0 Å². The first-order valence-electron chi connectivity index (χ1n) is 10.2. The molecule has 0 radical (unpaired) electrons. The van der Waals surface area contributed by atoms with Gasteiger partial charge in [0.05, 0.1) is 17.8 Å². The van der Waals surface area contributed by atoms with Crippen molar-refractivity contribution in [1.82, 2.24) is 15.1 Å². The maximum Gasteiger partial charge on any atom is 0.272 e. The molecule has 164 valence electrons. The van der Waals surface area contributed by atoms with Crippen LogP contribution in [-0.4, -0.2) is 40.1 Å². The maximum absolute atomic E-state index is 14.2. The number of piperidine rings is 1. The number of rotatable bonds is 5. The Morgan fingerprint density at radius 1 is 1.19 bits per heavy atom. The lowest BCUT2D eigenvalue weighted by molar-refractivity contribution is 0.0623. The predicted octanol–water partition coefficient (Wildman–Crippen LogP) is 4.47. The molecule has 1 amide bonds. The summed E-state index contributed by atoms with van der Waals surface area (Å²) in [5.41, 5.74) is 1.05. The zero-order valence-electron chi connectivity index (χ0n) is 17.0. The van der Waals surface area contributed by atoms with Crippen LogP contribution >= 0.6 is 0 Å². The molecule has 3 aromatic rings. The number of hydrogen-bond donors (Lipinski definition) is 2. The number of nitriles is 1. The number of benzene rings is 2. The summed E-state index contributed by atoms with van der Waals surface area (Å²) in [5.74, 6) is -2.38. The van der Waals surface area contributed by atoms with Crippen molar-refractivity contribution in [3.8, 4) is 17.2 Å². The molecule has 4 rings (SSSR count). The van der Waals surface area contributed by atoms with Gasteiger partial charge in [0, 0.05) is 24.7 Å². The van der Waals surface area contributed by atoms with Crippen molar-refractivity contribution in [1.29, 1.82) is 5.26 Å². The quantitative estimate of drug-likeness (QED) is 0.614. The predicted molar refractivity (Wildman–Crippen MR) is 112 cm³/mol. The lowest BCUT2D eigenvalue weighted by atomic mass is 9.99. The van der Waals surface area contributed by atoms with Gasteiger partial charge in [-0.1, -0.05) is 12.1 Å². The van der Waals surface area contributed by atoms with E-state index in [2.05, 4.69) is 15.5 Å². The Kier molecular flexibility index (Phi) is 6.12. The Labute approximate surface area is 182 Å². The minimum Gasteiger partial charge on any atom is -0.378 e. The van der Waals surface area contributed by atoms with Crippen LogP contribution in [0, 0.1) is 28.8 Å². The van der Waals surface area contributed by atoms with E-state index in [1.807, 2.05) is 0 Å². The molecule has 1 aliphatic rings. The third kappa shape index (κ3) is 4.30. The molecule has 0 spiro atoms. The van der Waals surface area contributed by atoms with Crippen LogP contribution in [0.15, 0.2) is 42.6 Å². The van der Waals surface area contributed by atoms with Crippen LogP contribution in [0.25, 0.3) is 11.1 Å². The standard InChI is InChI=1S/C23H20F3N5O/c24-16-6-4-15(5-7-16)18-13-29-30-21(18)23(32)31-8-2-1-3-17(31)12-28-22-19(25)9-14(11-27)10-20(22)26/h4-7,9-10,13,17,28H,1-3,8,12H2,(H,29,30)/t17-/m0/s1. The molecule has 0 unspecified atom stereocenters. The molecule has 0 bridgehead atoms. The second kappa shape index (κ2) is 9.14. The van der Waals surface area contributed by atoms with Crippen molar-refractivity contribution in [3.05, 3.63) is 71.3 Å². The Balaban J connectivity index is 1.54. The second-order valence-corrected chi connectivity index (χ2v) is 7.62. The minimum absolute atomic E-state index is 0.104. The van der Waals surface area contributed by atoms with E-state index < -0.39 is 11.6 Å². The lowest BCUT2D eigenvalue weighted by Gasteiger charge is -2.36. The summed E-state index contributed by atoms with van der Waals surface area (Å²) in [7, 11) is 0. The summed E-state index contributed by atoms with van der Waals surface area (Å²) in [6.07, 6.45) is 3.86. The Morgan fingerprint density at radius 3 is 2.59 bits per heavy atom. The highest BCUT2D eigenvalue weighted by Crippen LogP contribution is 2.27. The minimum atomic E-state index is -0.859. The molecule has 6 nitrogen and oxygen atoms in total. The van der Waals surface area contributed by atoms with Gasteiger partial charge in [0.25, 0.3) is 5.91 Å². The maximum atomic E-state index is 14.2. The molecule has 1 aliphatic heterocycles. The second-order valence-electron chi connectivity index (χ2n) is 7.62. The van der Waals surface area contributed by atoms with E-state index in [1.165, 1.54) is 18.3 Å². The zero-order chi connectivity index (χ0) is 22.7. The SMILES string of the molecule is N#Cc1cc(F)c(NC[C@@H]2CCCCN2C(=O)c2[nH]ncc2-c2ccc(F)cc2)c(F)c1. The van der Waals surface area contributed by atoms with Gasteiger partial charge in [0.15, 0.2) is 11.6 Å². The van der Waals surface area contributed by atoms with Gasteiger partial charge in [-0.05, 0) is 49.1 Å². The number of H-pyrrole nitrogens is 1. The van der Waals surface area contributed by atoms with Crippen LogP contribution in [0.3, 0.4) is 0 Å². The van der Waals surface area contributed by atoms with Crippen LogP contribution in [-0.2, 0) is 0 Å². The topological polar surface area (TPSA) is 84.8 Å². The van der Waals surface area contributed by atoms with Gasteiger partial charge < -0.3 is 10.2 Å². The highest BCUT2D eigenvalue weighted by molar-refractivity contribution is 5.99. The molecule has 32 heavy (non-hydrogen) atoms. The highest BCUT2D eigenvalue weighted by Gasteiger charge is 2.30. The number of nitrogens with zero attached hydrogens (tertiary/aromatic N) is 3. The Hall–Kier alpha value is -3.80. The number of carbonyl (C=O) groups is 1. The molecular weight excluding hydrogens is 419 g/mol. The van der Waals surface area contributed by atoms with Crippen LogP contribution in [0.5, 0.6) is 0 Å². The fourth-order valence-corrected chi connectivity index (χ4v) is 3.95. The molecule has 1 aromatic heterocycles. The summed E-state index contributed by atoms with van der Waals surface area (Å²) in [6.45, 7) is 0.636. The van der Waals surface area contributed by atoms with E-state index in [0.29, 0.717) is 24.1 Å². The van der Waals surface area contributed by atoms with Crippen molar-refractivity contribution in [2.75, 3.05) is 18.4 Å². The van der Waals surface area contributed by atoms with Gasteiger partial charge in [-0.3, -0.25) is 9.89 Å². The molecule has 1 fully saturated rings. The van der Waals surface area contributed by atoms with Gasteiger partial charge in [0.2, 0.25) is 0 Å². The van der Waals surface area contributed by atoms with E-state index in [0.717, 1.165) is 25.0 Å². The first-order chi connectivity index (χ1) is 15.5. The Morgan fingerprint density at radius 2 is 1.91 bits per heavy atom. The number of amides is 1. The van der Waals surface area contributed by atoms with Crippen molar-refractivity contribution < 1.29 is 18.0 Å². The van der Waals surface area contributed by atoms with E-state index in [4.69, 9.17) is 5.26 Å². The fraction of sp³-hybridized carbons (Fsp3) is 0.261. The van der Waals surface area contributed by atoms with Crippen LogP contribution in [0.2, 0.25) is 0 Å². The number of likely N-dealkylation sites (tertiary alicyclic amines) is 1. The van der Waals surface area contributed by atoms with Gasteiger partial charge in [0.1, 0.15) is 17.2 Å². The summed E-state index contributed by atoms with van der Waals surface area (Å²) in [6, 6.07) is 9.11. The summed E-state index contributed by atoms with van der Waals surface area (Å²) < 4.78 is 41.7. The van der Waals surface area contributed by atoms with E-state index >= 15 is 0 Å². The molecule has 2 aromatic carbocycles. The van der Waals surface area contributed by atoms with Gasteiger partial charge in [-0.2, -0.15) is 10.4 Å². The average Bonchev–Trinajstić information content (AvgIpc) is 3.28. The smallest absolute Gasteiger partial charge is 0.272 e. The summed E-state index contributed by atoms with van der Waals surface area (Å²) in [5, 5.41) is 18.3. The average molecular weight is 439 g/mol. The largest absolute Gasteiger partial charge is 0.378 e. The molecule has 0 saturated carbocycles. The van der Waals surface area contributed by atoms with Crippen molar-refractivity contribution in [2.45, 2.75) is 25.3 Å². The van der Waals surface area contributed by atoms with E-state index in [9.17, 15) is 18.0 Å². The first kappa shape index (κ1) is 21.4.